The Kier molecular flexibility index (Phi) is 4.10. The number of nitrogens with one attached hydrogen (secondary N) is 1. The third-order valence-electron chi connectivity index (χ3n) is 2.24. The number of hydrogen-bond acceptors (Lipinski definition) is 3. The first-order valence-corrected chi connectivity index (χ1v) is 6.19. The highest BCUT2D eigenvalue weighted by molar-refractivity contribution is 7.11. The van der Waals surface area contributed by atoms with Gasteiger partial charge in [-0.05, 0) is 39.8 Å². The molecule has 3 nitrogen and oxygen atoms in total. The summed E-state index contributed by atoms with van der Waals surface area (Å²) in [6.45, 7) is 6.99. The van der Waals surface area contributed by atoms with Crippen LogP contribution in [0.15, 0.2) is 12.1 Å². The van der Waals surface area contributed by atoms with Gasteiger partial charge in [0.25, 0.3) is 5.91 Å². The molecule has 0 saturated carbocycles. The summed E-state index contributed by atoms with van der Waals surface area (Å²) in [6.07, 6.45) is 0.806. The molecule has 16 heavy (non-hydrogen) atoms. The molecular formula is C12H19NO2S. The highest BCUT2D eigenvalue weighted by atomic mass is 32.1. The second-order valence-electron chi connectivity index (χ2n) is 4.65. The highest BCUT2D eigenvalue weighted by Gasteiger charge is 2.24. The van der Waals surface area contributed by atoms with Crippen molar-refractivity contribution in [3.63, 3.8) is 0 Å². The average molecular weight is 241 g/mol. The highest BCUT2D eigenvalue weighted by Crippen LogP contribution is 2.16. The van der Waals surface area contributed by atoms with E-state index in [2.05, 4.69) is 24.4 Å². The van der Waals surface area contributed by atoms with Gasteiger partial charge in [0, 0.05) is 22.2 Å². The minimum atomic E-state index is -1.31. The fraction of sp³-hybridized carbons (Fsp3) is 0.583. The summed E-state index contributed by atoms with van der Waals surface area (Å²) in [5.41, 5.74) is -1.31. The molecule has 0 aliphatic rings. The number of carbonyl (C=O) groups is 1. The van der Waals surface area contributed by atoms with E-state index in [0.717, 1.165) is 6.42 Å². The lowest BCUT2D eigenvalue weighted by Gasteiger charge is -2.20. The van der Waals surface area contributed by atoms with Gasteiger partial charge in [-0.15, -0.1) is 11.3 Å². The van der Waals surface area contributed by atoms with E-state index >= 15 is 0 Å². The fourth-order valence-corrected chi connectivity index (χ4v) is 2.37. The predicted octanol–water partition coefficient (Wildman–Crippen LogP) is 1.87. The van der Waals surface area contributed by atoms with Crippen molar-refractivity contribution in [1.29, 1.82) is 0 Å². The van der Waals surface area contributed by atoms with Gasteiger partial charge in [0.15, 0.2) is 0 Å². The van der Waals surface area contributed by atoms with Crippen molar-refractivity contribution in [2.24, 2.45) is 0 Å². The van der Waals surface area contributed by atoms with Gasteiger partial charge in [0.1, 0.15) is 5.60 Å². The van der Waals surface area contributed by atoms with Crippen LogP contribution in [-0.4, -0.2) is 22.7 Å². The van der Waals surface area contributed by atoms with E-state index in [9.17, 15) is 9.90 Å². The summed E-state index contributed by atoms with van der Waals surface area (Å²) >= 11 is 1.74. The predicted molar refractivity (Wildman–Crippen MR) is 66.7 cm³/mol. The van der Waals surface area contributed by atoms with Crippen LogP contribution in [0.4, 0.5) is 0 Å². The van der Waals surface area contributed by atoms with Crippen LogP contribution >= 0.6 is 11.3 Å². The number of amides is 1. The lowest BCUT2D eigenvalue weighted by Crippen LogP contribution is -2.46. The number of hydrogen-bond donors (Lipinski definition) is 2. The molecule has 1 rings (SSSR count). The molecule has 0 aliphatic carbocycles. The molecule has 0 aliphatic heterocycles. The maximum Gasteiger partial charge on any atom is 0.251 e. The first-order chi connectivity index (χ1) is 7.29. The van der Waals surface area contributed by atoms with Crippen molar-refractivity contribution in [3.8, 4) is 0 Å². The van der Waals surface area contributed by atoms with Crippen LogP contribution in [0.25, 0.3) is 0 Å². The van der Waals surface area contributed by atoms with Gasteiger partial charge in [-0.1, -0.05) is 0 Å². The minimum Gasteiger partial charge on any atom is -0.381 e. The van der Waals surface area contributed by atoms with Crippen molar-refractivity contribution < 1.29 is 9.90 Å². The Morgan fingerprint density at radius 2 is 2.19 bits per heavy atom. The smallest absolute Gasteiger partial charge is 0.251 e. The normalized spacial score (nSPS) is 13.6. The summed E-state index contributed by atoms with van der Waals surface area (Å²) in [5.74, 6) is -0.326. The number of aliphatic hydroxyl groups is 1. The van der Waals surface area contributed by atoms with Crippen LogP contribution in [0.1, 0.15) is 30.5 Å². The Morgan fingerprint density at radius 1 is 1.56 bits per heavy atom. The molecule has 0 fully saturated rings. The van der Waals surface area contributed by atoms with Gasteiger partial charge < -0.3 is 10.4 Å². The molecule has 1 amide bonds. The maximum absolute atomic E-state index is 11.5. The van der Waals surface area contributed by atoms with E-state index in [1.165, 1.54) is 23.6 Å². The third-order valence-corrected chi connectivity index (χ3v) is 3.26. The molecule has 90 valence electrons. The molecule has 0 saturated heterocycles. The van der Waals surface area contributed by atoms with Crippen molar-refractivity contribution in [2.75, 3.05) is 0 Å². The van der Waals surface area contributed by atoms with E-state index in [-0.39, 0.29) is 11.9 Å². The lowest BCUT2D eigenvalue weighted by atomic mass is 10.1. The topological polar surface area (TPSA) is 49.3 Å². The summed E-state index contributed by atoms with van der Waals surface area (Å²) in [6, 6.07) is 4.19. The molecule has 1 aromatic rings. The fourth-order valence-electron chi connectivity index (χ4n) is 1.35. The molecule has 1 heterocycles. The molecule has 4 heteroatoms. The zero-order chi connectivity index (χ0) is 12.3. The third kappa shape index (κ3) is 3.94. The number of rotatable bonds is 4. The van der Waals surface area contributed by atoms with Crippen LogP contribution in [0.5, 0.6) is 0 Å². The second kappa shape index (κ2) is 4.97. The van der Waals surface area contributed by atoms with Gasteiger partial charge in [-0.3, -0.25) is 4.79 Å². The molecule has 1 unspecified atom stereocenters. The maximum atomic E-state index is 11.5. The second-order valence-corrected chi connectivity index (χ2v) is 6.02. The van der Waals surface area contributed by atoms with Crippen LogP contribution in [-0.2, 0) is 11.2 Å². The lowest BCUT2D eigenvalue weighted by molar-refractivity contribution is -0.137. The van der Waals surface area contributed by atoms with E-state index < -0.39 is 5.60 Å². The molecular weight excluding hydrogens is 222 g/mol. The van der Waals surface area contributed by atoms with Crippen LogP contribution in [0.3, 0.4) is 0 Å². The Bertz CT molecular complexity index is 365. The molecule has 0 spiro atoms. The van der Waals surface area contributed by atoms with Crippen molar-refractivity contribution in [1.82, 2.24) is 5.32 Å². The quantitative estimate of drug-likeness (QED) is 0.845. The number of carbonyl (C=O) groups excluding carboxylic acids is 1. The van der Waals surface area contributed by atoms with E-state index in [4.69, 9.17) is 0 Å². The van der Waals surface area contributed by atoms with Gasteiger partial charge in [-0.25, -0.2) is 0 Å². The molecule has 0 bridgehead atoms. The first-order valence-electron chi connectivity index (χ1n) is 5.37. The van der Waals surface area contributed by atoms with Gasteiger partial charge >= 0.3 is 0 Å². The van der Waals surface area contributed by atoms with Crippen molar-refractivity contribution in [3.05, 3.63) is 21.9 Å². The number of aryl methyl sites for hydroxylation is 1. The standard InChI is InChI=1S/C12H19NO2S/c1-8(13-11(14)12(3,4)15)7-10-6-5-9(2)16-10/h5-6,8,15H,7H2,1-4H3,(H,13,14). The zero-order valence-electron chi connectivity index (χ0n) is 10.2. The summed E-state index contributed by atoms with van der Waals surface area (Å²) < 4.78 is 0. The van der Waals surface area contributed by atoms with E-state index in [0.29, 0.717) is 0 Å². The van der Waals surface area contributed by atoms with Gasteiger partial charge in [0.2, 0.25) is 0 Å². The first kappa shape index (κ1) is 13.2. The van der Waals surface area contributed by atoms with E-state index in [1.807, 2.05) is 6.92 Å². The SMILES string of the molecule is Cc1ccc(CC(C)NC(=O)C(C)(C)O)s1. The molecule has 1 atom stereocenters. The summed E-state index contributed by atoms with van der Waals surface area (Å²) in [7, 11) is 0. The van der Waals surface area contributed by atoms with Crippen LogP contribution in [0.2, 0.25) is 0 Å². The Morgan fingerprint density at radius 3 is 2.62 bits per heavy atom. The molecule has 1 aromatic heterocycles. The Labute approximate surface area is 100 Å². The van der Waals surface area contributed by atoms with Crippen LogP contribution < -0.4 is 5.32 Å². The average Bonchev–Trinajstić information content (AvgIpc) is 2.49. The molecule has 2 N–H and O–H groups in total. The minimum absolute atomic E-state index is 0.0389. The van der Waals surface area contributed by atoms with Gasteiger partial charge in [-0.2, -0.15) is 0 Å². The van der Waals surface area contributed by atoms with E-state index in [1.54, 1.807) is 11.3 Å². The summed E-state index contributed by atoms with van der Waals surface area (Å²) in [5, 5.41) is 12.3. The largest absolute Gasteiger partial charge is 0.381 e. The summed E-state index contributed by atoms with van der Waals surface area (Å²) in [4.78, 5) is 14.0. The van der Waals surface area contributed by atoms with Gasteiger partial charge in [0.05, 0.1) is 0 Å². The Balaban J connectivity index is 2.48. The Hall–Kier alpha value is -0.870. The number of thiophene rings is 1. The zero-order valence-corrected chi connectivity index (χ0v) is 11.0. The van der Waals surface area contributed by atoms with Crippen molar-refractivity contribution in [2.45, 2.75) is 45.8 Å². The van der Waals surface area contributed by atoms with Crippen molar-refractivity contribution >= 4 is 17.2 Å². The van der Waals surface area contributed by atoms with Crippen LogP contribution in [0, 0.1) is 6.92 Å². The molecule has 0 radical (unpaired) electrons. The monoisotopic (exact) mass is 241 g/mol. The molecule has 0 aromatic carbocycles.